The Balaban J connectivity index is 0. The van der Waals surface area contributed by atoms with Gasteiger partial charge in [-0.1, -0.05) is 0 Å². The second-order valence-corrected chi connectivity index (χ2v) is 4.56. The number of hydrogen-bond donors (Lipinski definition) is 3. The molecule has 1 aromatic rings. The lowest BCUT2D eigenvalue weighted by Gasteiger charge is -2.05. The van der Waals surface area contributed by atoms with E-state index in [4.69, 9.17) is 5.11 Å². The molecule has 6 nitrogen and oxygen atoms in total. The molecular formula is C12H20F6N4O2. The highest BCUT2D eigenvalue weighted by atomic mass is 19.4. The van der Waals surface area contributed by atoms with Gasteiger partial charge in [-0.05, 0) is 27.0 Å². The largest absolute Gasteiger partial charge is 0.450 e. The number of aryl methyl sites for hydroxylation is 2. The zero-order valence-corrected chi connectivity index (χ0v) is 13.5. The summed E-state index contributed by atoms with van der Waals surface area (Å²) >= 11 is 0. The maximum atomic E-state index is 11.9. The third-order valence-corrected chi connectivity index (χ3v) is 2.20. The van der Waals surface area contributed by atoms with Gasteiger partial charge in [0, 0.05) is 19.2 Å². The molecule has 0 spiro atoms. The number of nitrogens with zero attached hydrogens (tertiary/aromatic N) is 2. The van der Waals surface area contributed by atoms with Crippen LogP contribution in [0.4, 0.5) is 26.3 Å². The number of halogens is 6. The van der Waals surface area contributed by atoms with Crippen LogP contribution in [-0.4, -0.2) is 40.0 Å². The van der Waals surface area contributed by atoms with E-state index in [1.807, 2.05) is 0 Å². The molecule has 0 saturated carbocycles. The van der Waals surface area contributed by atoms with Gasteiger partial charge in [0.1, 0.15) is 0 Å². The van der Waals surface area contributed by atoms with Crippen molar-refractivity contribution >= 4 is 5.78 Å². The highest BCUT2D eigenvalue weighted by Gasteiger charge is 2.38. The van der Waals surface area contributed by atoms with Crippen molar-refractivity contribution in [3.05, 3.63) is 17.5 Å². The van der Waals surface area contributed by atoms with Crippen molar-refractivity contribution in [3.8, 4) is 0 Å². The summed E-state index contributed by atoms with van der Waals surface area (Å²) in [5, 5.41) is 11.6. The molecule has 1 heterocycles. The number of alkyl halides is 6. The van der Waals surface area contributed by atoms with Gasteiger partial charge >= 0.3 is 12.4 Å². The van der Waals surface area contributed by atoms with Gasteiger partial charge in [-0.2, -0.15) is 31.4 Å². The first kappa shape index (κ1) is 24.6. The van der Waals surface area contributed by atoms with Crippen LogP contribution in [-0.2, 0) is 18.0 Å². The van der Waals surface area contributed by atoms with Crippen LogP contribution in [0.1, 0.15) is 24.7 Å². The molecule has 142 valence electrons. The lowest BCUT2D eigenvalue weighted by molar-refractivity contribution is -0.172. The van der Waals surface area contributed by atoms with E-state index in [2.05, 4.69) is 16.4 Å². The first-order chi connectivity index (χ1) is 10.7. The van der Waals surface area contributed by atoms with E-state index < -0.39 is 36.4 Å². The number of ketones is 1. The average Bonchev–Trinajstić information content (AvgIpc) is 2.69. The molecule has 0 aliphatic carbocycles. The molecule has 0 bridgehead atoms. The number of nitrogens with two attached hydrogens (primary N) is 1. The Morgan fingerprint density at radius 2 is 1.79 bits per heavy atom. The van der Waals surface area contributed by atoms with Gasteiger partial charge in [-0.15, -0.1) is 0 Å². The Bertz CT molecular complexity index is 477. The van der Waals surface area contributed by atoms with Crippen LogP contribution in [0.3, 0.4) is 0 Å². The van der Waals surface area contributed by atoms with Crippen LogP contribution in [0.15, 0.2) is 6.07 Å². The van der Waals surface area contributed by atoms with Gasteiger partial charge < -0.3 is 5.11 Å². The summed E-state index contributed by atoms with van der Waals surface area (Å²) < 4.78 is 71.0. The molecule has 1 aromatic heterocycles. The summed E-state index contributed by atoms with van der Waals surface area (Å²) in [6.07, 6.45) is -11.2. The Morgan fingerprint density at radius 3 is 1.92 bits per heavy atom. The van der Waals surface area contributed by atoms with E-state index in [-0.39, 0.29) is 0 Å². The van der Waals surface area contributed by atoms with Crippen LogP contribution in [0.5, 0.6) is 0 Å². The monoisotopic (exact) mass is 366 g/mol. The fourth-order valence-corrected chi connectivity index (χ4v) is 1.08. The lowest BCUT2D eigenvalue weighted by Crippen LogP contribution is -2.25. The fourth-order valence-electron chi connectivity index (χ4n) is 1.08. The van der Waals surface area contributed by atoms with E-state index in [0.29, 0.717) is 5.69 Å². The van der Waals surface area contributed by atoms with E-state index in [1.165, 1.54) is 11.7 Å². The van der Waals surface area contributed by atoms with Crippen LogP contribution in [0.2, 0.25) is 0 Å². The lowest BCUT2D eigenvalue weighted by atomic mass is 10.2. The number of nitrogens with one attached hydrogen (secondary N) is 1. The molecule has 0 amide bonds. The van der Waals surface area contributed by atoms with Crippen molar-refractivity contribution in [1.82, 2.24) is 15.2 Å². The van der Waals surface area contributed by atoms with Crippen molar-refractivity contribution in [2.45, 2.75) is 38.7 Å². The second-order valence-electron chi connectivity index (χ2n) is 4.56. The summed E-state index contributed by atoms with van der Waals surface area (Å²) in [4.78, 5) is 9.99. The van der Waals surface area contributed by atoms with Gasteiger partial charge in [0.05, 0.1) is 6.10 Å². The van der Waals surface area contributed by atoms with Gasteiger partial charge in [-0.25, -0.2) is 0 Å². The zero-order valence-electron chi connectivity index (χ0n) is 13.5. The summed E-state index contributed by atoms with van der Waals surface area (Å²) in [7, 11) is 3.13. The molecule has 1 rings (SSSR count). The minimum Gasteiger partial charge on any atom is -0.393 e. The van der Waals surface area contributed by atoms with Crippen molar-refractivity contribution in [1.29, 1.82) is 0 Å². The SMILES string of the molecule is CC(O)CC(=O)C(F)(F)F.CNN.Cc1cc(C(F)(F)F)nn1C. The van der Waals surface area contributed by atoms with Crippen molar-refractivity contribution in [2.24, 2.45) is 12.9 Å². The fraction of sp³-hybridized carbons (Fsp3) is 0.667. The first-order valence-corrected chi connectivity index (χ1v) is 6.40. The van der Waals surface area contributed by atoms with Gasteiger partial charge in [0.2, 0.25) is 5.78 Å². The molecule has 0 aromatic carbocycles. The topological polar surface area (TPSA) is 93.2 Å². The normalized spacial score (nSPS) is 12.5. The van der Waals surface area contributed by atoms with Crippen LogP contribution < -0.4 is 11.3 Å². The van der Waals surface area contributed by atoms with Gasteiger partial charge in [0.25, 0.3) is 0 Å². The van der Waals surface area contributed by atoms with E-state index in [9.17, 15) is 31.1 Å². The molecular weight excluding hydrogens is 346 g/mol. The standard InChI is InChI=1S/C6H7F3N2.C5H7F3O2.CH6N2/c1-4-3-5(6(7,8)9)10-11(4)2;1-3(9)2-4(10)5(6,7)8;1-3-2/h3H,1-2H3;3,9H,2H2,1H3;3H,2H2,1H3. The molecule has 4 N–H and O–H groups in total. The summed E-state index contributed by atoms with van der Waals surface area (Å²) in [6, 6.07) is 1.01. The molecule has 1 atom stereocenters. The second kappa shape index (κ2) is 10.3. The molecule has 0 radical (unpaired) electrons. The molecule has 0 aliphatic rings. The van der Waals surface area contributed by atoms with Crippen LogP contribution >= 0.6 is 0 Å². The van der Waals surface area contributed by atoms with E-state index in [0.717, 1.165) is 13.0 Å². The minimum absolute atomic E-state index is 0.498. The van der Waals surface area contributed by atoms with Crippen molar-refractivity contribution in [2.75, 3.05) is 7.05 Å². The molecule has 12 heteroatoms. The van der Waals surface area contributed by atoms with Crippen molar-refractivity contribution < 1.29 is 36.2 Å². The number of hydrazine groups is 1. The number of carbonyl (C=O) groups is 1. The Labute approximate surface area is 134 Å². The number of rotatable bonds is 2. The van der Waals surface area contributed by atoms with E-state index in [1.54, 1.807) is 14.0 Å². The third-order valence-electron chi connectivity index (χ3n) is 2.20. The highest BCUT2D eigenvalue weighted by molar-refractivity contribution is 5.84. The first-order valence-electron chi connectivity index (χ1n) is 6.40. The summed E-state index contributed by atoms with van der Waals surface area (Å²) in [5.74, 6) is 2.71. The average molecular weight is 366 g/mol. The van der Waals surface area contributed by atoms with Crippen molar-refractivity contribution in [3.63, 3.8) is 0 Å². The molecule has 24 heavy (non-hydrogen) atoms. The Kier molecular flexibility index (Phi) is 10.5. The number of aromatic nitrogens is 2. The van der Waals surface area contributed by atoms with Gasteiger partial charge in [-0.3, -0.25) is 20.7 Å². The number of aliphatic hydroxyl groups excluding tert-OH is 1. The maximum absolute atomic E-state index is 11.9. The quantitative estimate of drug-likeness (QED) is 0.421. The van der Waals surface area contributed by atoms with Gasteiger partial charge in [0.15, 0.2) is 5.69 Å². The number of carbonyl (C=O) groups excluding carboxylic acids is 1. The molecule has 0 saturated heterocycles. The summed E-state index contributed by atoms with van der Waals surface area (Å²) in [5.41, 5.74) is 1.91. The number of Topliss-reactive ketones (excluding diaryl/α,β-unsaturated/α-hetero) is 1. The summed E-state index contributed by atoms with van der Waals surface area (Å²) in [6.45, 7) is 2.70. The zero-order chi connectivity index (χ0) is 19.7. The maximum Gasteiger partial charge on any atom is 0.450 e. The third kappa shape index (κ3) is 11.0. The molecule has 0 aliphatic heterocycles. The van der Waals surface area contributed by atoms with Crippen LogP contribution in [0.25, 0.3) is 0 Å². The smallest absolute Gasteiger partial charge is 0.393 e. The Morgan fingerprint density at radius 1 is 1.38 bits per heavy atom. The predicted octanol–water partition coefficient (Wildman–Crippen LogP) is 1.72. The highest BCUT2D eigenvalue weighted by Crippen LogP contribution is 2.27. The molecule has 1 unspecified atom stereocenters. The number of aliphatic hydroxyl groups is 1. The molecule has 0 fully saturated rings. The van der Waals surface area contributed by atoms with E-state index >= 15 is 0 Å². The number of hydrogen-bond acceptors (Lipinski definition) is 5. The van der Waals surface area contributed by atoms with Crippen LogP contribution in [0, 0.1) is 6.92 Å². The minimum atomic E-state index is -4.81. The Hall–Kier alpha value is -1.66. The predicted molar refractivity (Wildman–Crippen MR) is 73.6 cm³/mol.